The third-order valence-electron chi connectivity index (χ3n) is 4.68. The van der Waals surface area contributed by atoms with Gasteiger partial charge in [-0.25, -0.2) is 4.98 Å². The van der Waals surface area contributed by atoms with E-state index in [1.807, 2.05) is 60.7 Å². The lowest BCUT2D eigenvalue weighted by atomic mass is 10.2. The summed E-state index contributed by atoms with van der Waals surface area (Å²) in [5.74, 6) is 2.17. The molecule has 0 amide bonds. The predicted molar refractivity (Wildman–Crippen MR) is 111 cm³/mol. The molecule has 7 heteroatoms. The standard InChI is InChI=1S/C22H17N3O3S/c26-21-17-6-1-2-7-18(17)24-22(25(21)12-16-5-3-4-10-23-16)29-13-15-8-9-19-20(11-15)28-14-27-19/h1-11H,12-14H2. The molecule has 0 atom stereocenters. The molecule has 0 saturated carbocycles. The summed E-state index contributed by atoms with van der Waals surface area (Å²) in [6.07, 6.45) is 1.73. The monoisotopic (exact) mass is 403 g/mol. The van der Waals surface area contributed by atoms with Gasteiger partial charge in [-0.15, -0.1) is 0 Å². The molecule has 0 N–H and O–H groups in total. The van der Waals surface area contributed by atoms with Gasteiger partial charge in [-0.2, -0.15) is 0 Å². The van der Waals surface area contributed by atoms with Crippen molar-refractivity contribution in [3.05, 3.63) is 88.5 Å². The molecule has 144 valence electrons. The van der Waals surface area contributed by atoms with Gasteiger partial charge in [0.1, 0.15) is 0 Å². The fourth-order valence-electron chi connectivity index (χ4n) is 3.23. The van der Waals surface area contributed by atoms with Crippen LogP contribution < -0.4 is 15.0 Å². The second kappa shape index (κ2) is 7.60. The Morgan fingerprint density at radius 2 is 1.86 bits per heavy atom. The molecule has 2 aromatic carbocycles. The molecular formula is C22H17N3O3S. The summed E-state index contributed by atoms with van der Waals surface area (Å²) in [6, 6.07) is 19.0. The second-order valence-corrected chi connectivity index (χ2v) is 7.54. The van der Waals surface area contributed by atoms with E-state index in [-0.39, 0.29) is 12.4 Å². The first-order valence-corrected chi connectivity index (χ1v) is 10.2. The van der Waals surface area contributed by atoms with Crippen LogP contribution in [-0.4, -0.2) is 21.3 Å². The first-order chi connectivity index (χ1) is 14.3. The van der Waals surface area contributed by atoms with E-state index in [2.05, 4.69) is 4.98 Å². The first kappa shape index (κ1) is 17.8. The lowest BCUT2D eigenvalue weighted by molar-refractivity contribution is 0.174. The number of nitrogens with zero attached hydrogens (tertiary/aromatic N) is 3. The minimum atomic E-state index is -0.0607. The van der Waals surface area contributed by atoms with Gasteiger partial charge in [0.15, 0.2) is 16.7 Å². The van der Waals surface area contributed by atoms with Crippen LogP contribution in [0.5, 0.6) is 11.5 Å². The van der Waals surface area contributed by atoms with Crippen molar-refractivity contribution in [1.82, 2.24) is 14.5 Å². The van der Waals surface area contributed by atoms with Gasteiger partial charge in [-0.3, -0.25) is 14.3 Å². The van der Waals surface area contributed by atoms with E-state index < -0.39 is 0 Å². The summed E-state index contributed by atoms with van der Waals surface area (Å²) in [5, 5.41) is 1.27. The highest BCUT2D eigenvalue weighted by atomic mass is 32.2. The molecule has 5 rings (SSSR count). The molecule has 0 fully saturated rings. The van der Waals surface area contributed by atoms with Crippen molar-refractivity contribution >= 4 is 22.7 Å². The summed E-state index contributed by atoms with van der Waals surface area (Å²) < 4.78 is 12.5. The van der Waals surface area contributed by atoms with E-state index in [4.69, 9.17) is 14.5 Å². The Morgan fingerprint density at radius 1 is 1.00 bits per heavy atom. The molecule has 0 radical (unpaired) electrons. The highest BCUT2D eigenvalue weighted by Crippen LogP contribution is 2.34. The number of pyridine rings is 1. The lowest BCUT2D eigenvalue weighted by Gasteiger charge is -2.13. The molecule has 0 unspecified atom stereocenters. The molecule has 6 nitrogen and oxygen atoms in total. The third-order valence-corrected chi connectivity index (χ3v) is 5.73. The second-order valence-electron chi connectivity index (χ2n) is 6.60. The quantitative estimate of drug-likeness (QED) is 0.372. The van der Waals surface area contributed by atoms with Gasteiger partial charge in [0, 0.05) is 11.9 Å². The van der Waals surface area contributed by atoms with Gasteiger partial charge in [0.25, 0.3) is 5.56 Å². The molecule has 1 aliphatic heterocycles. The van der Waals surface area contributed by atoms with Crippen LogP contribution in [0, 0.1) is 0 Å². The molecule has 0 aliphatic carbocycles. The van der Waals surface area contributed by atoms with Gasteiger partial charge < -0.3 is 9.47 Å². The van der Waals surface area contributed by atoms with Crippen LogP contribution in [0.15, 0.2) is 76.8 Å². The van der Waals surface area contributed by atoms with Gasteiger partial charge in [0.05, 0.1) is 23.1 Å². The maximum absolute atomic E-state index is 13.2. The average Bonchev–Trinajstić information content (AvgIpc) is 3.23. The topological polar surface area (TPSA) is 66.2 Å². The summed E-state index contributed by atoms with van der Waals surface area (Å²) in [5.41, 5.74) is 2.53. The van der Waals surface area contributed by atoms with Crippen molar-refractivity contribution in [3.63, 3.8) is 0 Å². The number of hydrogen-bond donors (Lipinski definition) is 0. The van der Waals surface area contributed by atoms with Gasteiger partial charge >= 0.3 is 0 Å². The zero-order valence-corrected chi connectivity index (χ0v) is 16.3. The maximum atomic E-state index is 13.2. The van der Waals surface area contributed by atoms with Gasteiger partial charge in [0.2, 0.25) is 6.79 Å². The Bertz CT molecular complexity index is 1240. The van der Waals surface area contributed by atoms with Crippen LogP contribution in [0.1, 0.15) is 11.3 Å². The normalized spacial score (nSPS) is 12.4. The highest BCUT2D eigenvalue weighted by molar-refractivity contribution is 7.98. The van der Waals surface area contributed by atoms with Gasteiger partial charge in [-0.05, 0) is 42.0 Å². The van der Waals surface area contributed by atoms with Crippen LogP contribution in [0.2, 0.25) is 0 Å². The number of aromatic nitrogens is 3. The van der Waals surface area contributed by atoms with E-state index in [1.165, 1.54) is 11.8 Å². The van der Waals surface area contributed by atoms with Gasteiger partial charge in [-0.1, -0.05) is 36.0 Å². The number of benzene rings is 2. The molecule has 0 spiro atoms. The van der Waals surface area contributed by atoms with Crippen LogP contribution in [0.25, 0.3) is 10.9 Å². The molecule has 1 aliphatic rings. The van der Waals surface area contributed by atoms with E-state index in [0.29, 0.717) is 28.4 Å². The third kappa shape index (κ3) is 3.56. The maximum Gasteiger partial charge on any atom is 0.262 e. The van der Waals surface area contributed by atoms with Crippen LogP contribution in [0.4, 0.5) is 0 Å². The summed E-state index contributed by atoms with van der Waals surface area (Å²) >= 11 is 1.52. The molecule has 29 heavy (non-hydrogen) atoms. The number of fused-ring (bicyclic) bond motifs is 2. The summed E-state index contributed by atoms with van der Waals surface area (Å²) in [6.45, 7) is 0.628. The molecule has 0 saturated heterocycles. The Balaban J connectivity index is 1.51. The van der Waals surface area contributed by atoms with Crippen molar-refractivity contribution in [2.24, 2.45) is 0 Å². The predicted octanol–water partition coefficient (Wildman–Crippen LogP) is 3.86. The number of hydrogen-bond acceptors (Lipinski definition) is 6. The highest BCUT2D eigenvalue weighted by Gasteiger charge is 2.15. The fraction of sp³-hybridized carbons (Fsp3) is 0.136. The molecule has 4 aromatic rings. The van der Waals surface area contributed by atoms with Crippen molar-refractivity contribution in [1.29, 1.82) is 0 Å². The zero-order valence-electron chi connectivity index (χ0n) is 15.4. The first-order valence-electron chi connectivity index (χ1n) is 9.19. The average molecular weight is 403 g/mol. The Kier molecular flexibility index (Phi) is 4.65. The van der Waals surface area contributed by atoms with E-state index in [9.17, 15) is 4.79 Å². The van der Waals surface area contributed by atoms with Crippen LogP contribution >= 0.6 is 11.8 Å². The number of para-hydroxylation sites is 1. The number of thioether (sulfide) groups is 1. The van der Waals surface area contributed by atoms with Crippen molar-refractivity contribution in [3.8, 4) is 11.5 Å². The fourth-order valence-corrected chi connectivity index (χ4v) is 4.17. The summed E-state index contributed by atoms with van der Waals surface area (Å²) in [7, 11) is 0. The Morgan fingerprint density at radius 3 is 2.76 bits per heavy atom. The van der Waals surface area contributed by atoms with Crippen molar-refractivity contribution in [2.75, 3.05) is 6.79 Å². The summed E-state index contributed by atoms with van der Waals surface area (Å²) in [4.78, 5) is 22.3. The Labute approximate surface area is 171 Å². The molecule has 0 bridgehead atoms. The van der Waals surface area contributed by atoms with Crippen LogP contribution in [0.3, 0.4) is 0 Å². The molecule has 2 aromatic heterocycles. The Hall–Kier alpha value is -3.32. The number of rotatable bonds is 5. The minimum absolute atomic E-state index is 0.0607. The van der Waals surface area contributed by atoms with Crippen molar-refractivity contribution in [2.45, 2.75) is 17.5 Å². The van der Waals surface area contributed by atoms with E-state index >= 15 is 0 Å². The number of ether oxygens (including phenoxy) is 2. The van der Waals surface area contributed by atoms with E-state index in [1.54, 1.807) is 10.8 Å². The van der Waals surface area contributed by atoms with Crippen LogP contribution in [-0.2, 0) is 12.3 Å². The largest absolute Gasteiger partial charge is 0.454 e. The molecule has 3 heterocycles. The SMILES string of the molecule is O=c1c2ccccc2nc(SCc2ccc3c(c2)OCO3)n1Cc1ccccn1. The van der Waals surface area contributed by atoms with Crippen molar-refractivity contribution < 1.29 is 9.47 Å². The minimum Gasteiger partial charge on any atom is -0.454 e. The smallest absolute Gasteiger partial charge is 0.262 e. The van der Waals surface area contributed by atoms with E-state index in [0.717, 1.165) is 22.8 Å². The zero-order chi connectivity index (χ0) is 19.6. The lowest BCUT2D eigenvalue weighted by Crippen LogP contribution is -2.24. The molecular weight excluding hydrogens is 386 g/mol.